The van der Waals surface area contributed by atoms with Gasteiger partial charge in [-0.15, -0.1) is 0 Å². The molecule has 0 aromatic carbocycles. The molecule has 3 heteroatoms. The van der Waals surface area contributed by atoms with Crippen LogP contribution in [-0.2, 0) is 4.74 Å². The van der Waals surface area contributed by atoms with Crippen LogP contribution in [0.25, 0.3) is 0 Å². The van der Waals surface area contributed by atoms with Crippen LogP contribution < -0.4 is 5.32 Å². The highest BCUT2D eigenvalue weighted by molar-refractivity contribution is 4.90. The highest BCUT2D eigenvalue weighted by atomic mass is 16.5. The zero-order valence-corrected chi connectivity index (χ0v) is 13.6. The van der Waals surface area contributed by atoms with Crippen molar-refractivity contribution in [2.24, 2.45) is 5.92 Å². The summed E-state index contributed by atoms with van der Waals surface area (Å²) in [4.78, 5) is 2.78. The summed E-state index contributed by atoms with van der Waals surface area (Å²) in [5.74, 6) is 0.932. The monoisotopic (exact) mass is 282 g/mol. The maximum absolute atomic E-state index is 5.25. The van der Waals surface area contributed by atoms with Crippen LogP contribution in [0.3, 0.4) is 0 Å². The molecule has 0 aromatic rings. The predicted octanol–water partition coefficient (Wildman–Crippen LogP) is 3.05. The molecule has 1 saturated heterocycles. The van der Waals surface area contributed by atoms with Crippen molar-refractivity contribution >= 4 is 0 Å². The van der Waals surface area contributed by atoms with Gasteiger partial charge < -0.3 is 10.1 Å². The summed E-state index contributed by atoms with van der Waals surface area (Å²) in [6.07, 6.45) is 11.0. The first-order chi connectivity index (χ1) is 9.85. The Kier molecular flexibility index (Phi) is 7.32. The van der Waals surface area contributed by atoms with E-state index in [0.29, 0.717) is 6.04 Å². The number of hydrogen-bond donors (Lipinski definition) is 1. The average Bonchev–Trinajstić information content (AvgIpc) is 2.49. The topological polar surface area (TPSA) is 24.5 Å². The van der Waals surface area contributed by atoms with Crippen LogP contribution in [0.5, 0.6) is 0 Å². The number of methoxy groups -OCH3 is 1. The Morgan fingerprint density at radius 2 is 2.00 bits per heavy atom. The molecule has 2 unspecified atom stereocenters. The van der Waals surface area contributed by atoms with E-state index < -0.39 is 0 Å². The molecule has 1 N–H and O–H groups in total. The molecule has 0 amide bonds. The number of hydrogen-bond acceptors (Lipinski definition) is 3. The Morgan fingerprint density at radius 3 is 2.70 bits per heavy atom. The second kappa shape index (κ2) is 9.01. The molecular formula is C17H34N2O. The zero-order chi connectivity index (χ0) is 14.2. The van der Waals surface area contributed by atoms with Gasteiger partial charge in [-0.1, -0.05) is 32.6 Å². The largest absolute Gasteiger partial charge is 0.385 e. The molecule has 2 atom stereocenters. The minimum atomic E-state index is 0.711. The van der Waals surface area contributed by atoms with Crippen LogP contribution in [0.15, 0.2) is 0 Å². The second-order valence-electron chi connectivity index (χ2n) is 6.70. The summed E-state index contributed by atoms with van der Waals surface area (Å²) in [7, 11) is 1.82. The Hall–Kier alpha value is -0.120. The van der Waals surface area contributed by atoms with Gasteiger partial charge in [-0.2, -0.15) is 0 Å². The van der Waals surface area contributed by atoms with Crippen molar-refractivity contribution in [2.75, 3.05) is 33.4 Å². The molecule has 1 aliphatic heterocycles. The van der Waals surface area contributed by atoms with Gasteiger partial charge in [0.1, 0.15) is 0 Å². The third-order valence-corrected chi connectivity index (χ3v) is 5.16. The molecule has 1 aliphatic carbocycles. The summed E-state index contributed by atoms with van der Waals surface area (Å²) >= 11 is 0. The SMILES string of the molecule is CCCC1CN(CCCOC)C(C2CCCCC2)CN1. The van der Waals surface area contributed by atoms with E-state index in [4.69, 9.17) is 4.74 Å². The molecule has 118 valence electrons. The van der Waals surface area contributed by atoms with Crippen molar-refractivity contribution in [3.05, 3.63) is 0 Å². The standard InChI is InChI=1S/C17H34N2O/c1-3-8-16-14-19(11-7-12-20-2)17(13-18-16)15-9-5-4-6-10-15/h15-18H,3-14H2,1-2H3. The summed E-state index contributed by atoms with van der Waals surface area (Å²) in [5, 5.41) is 3.81. The van der Waals surface area contributed by atoms with Crippen LogP contribution in [-0.4, -0.2) is 50.3 Å². The van der Waals surface area contributed by atoms with E-state index in [9.17, 15) is 0 Å². The van der Waals surface area contributed by atoms with Gasteiger partial charge in [0, 0.05) is 45.4 Å². The van der Waals surface area contributed by atoms with Crippen LogP contribution in [0.1, 0.15) is 58.3 Å². The Balaban J connectivity index is 1.89. The quantitative estimate of drug-likeness (QED) is 0.726. The smallest absolute Gasteiger partial charge is 0.0474 e. The fourth-order valence-corrected chi connectivity index (χ4v) is 4.09. The Labute approximate surface area is 125 Å². The van der Waals surface area contributed by atoms with Gasteiger partial charge in [0.15, 0.2) is 0 Å². The van der Waals surface area contributed by atoms with Crippen molar-refractivity contribution in [1.29, 1.82) is 0 Å². The molecule has 0 spiro atoms. The normalized spacial score (nSPS) is 29.7. The van der Waals surface area contributed by atoms with Crippen LogP contribution in [0.2, 0.25) is 0 Å². The molecular weight excluding hydrogens is 248 g/mol. The number of nitrogens with one attached hydrogen (secondary N) is 1. The maximum atomic E-state index is 5.25. The lowest BCUT2D eigenvalue weighted by Crippen LogP contribution is -2.59. The zero-order valence-electron chi connectivity index (χ0n) is 13.6. The van der Waals surface area contributed by atoms with E-state index >= 15 is 0 Å². The van der Waals surface area contributed by atoms with Gasteiger partial charge in [-0.25, -0.2) is 0 Å². The second-order valence-corrected chi connectivity index (χ2v) is 6.70. The van der Waals surface area contributed by atoms with E-state index in [2.05, 4.69) is 17.1 Å². The first-order valence-corrected chi connectivity index (χ1v) is 8.81. The fraction of sp³-hybridized carbons (Fsp3) is 1.00. The summed E-state index contributed by atoms with van der Waals surface area (Å²) in [6.45, 7) is 6.88. The third-order valence-electron chi connectivity index (χ3n) is 5.16. The maximum Gasteiger partial charge on any atom is 0.0474 e. The van der Waals surface area contributed by atoms with Crippen molar-refractivity contribution in [3.63, 3.8) is 0 Å². The van der Waals surface area contributed by atoms with E-state index in [1.165, 1.54) is 71.0 Å². The molecule has 0 aromatic heterocycles. The third kappa shape index (κ3) is 4.71. The Bertz CT molecular complexity index is 253. The van der Waals surface area contributed by atoms with Crippen LogP contribution in [0, 0.1) is 5.92 Å². The first-order valence-electron chi connectivity index (χ1n) is 8.81. The van der Waals surface area contributed by atoms with E-state index in [0.717, 1.165) is 18.6 Å². The summed E-state index contributed by atoms with van der Waals surface area (Å²) < 4.78 is 5.25. The van der Waals surface area contributed by atoms with Gasteiger partial charge in [0.25, 0.3) is 0 Å². The minimum absolute atomic E-state index is 0.711. The highest BCUT2D eigenvalue weighted by Crippen LogP contribution is 2.30. The van der Waals surface area contributed by atoms with E-state index in [1.54, 1.807) is 0 Å². The lowest BCUT2D eigenvalue weighted by molar-refractivity contribution is 0.0610. The van der Waals surface area contributed by atoms with Gasteiger partial charge in [-0.3, -0.25) is 4.90 Å². The highest BCUT2D eigenvalue weighted by Gasteiger charge is 2.33. The summed E-state index contributed by atoms with van der Waals surface area (Å²) in [6, 6.07) is 1.49. The van der Waals surface area contributed by atoms with Gasteiger partial charge >= 0.3 is 0 Å². The van der Waals surface area contributed by atoms with Crippen LogP contribution in [0.4, 0.5) is 0 Å². The molecule has 2 fully saturated rings. The predicted molar refractivity (Wildman–Crippen MR) is 85.1 cm³/mol. The molecule has 3 nitrogen and oxygen atoms in total. The summed E-state index contributed by atoms with van der Waals surface area (Å²) in [5.41, 5.74) is 0. The van der Waals surface area contributed by atoms with Crippen molar-refractivity contribution in [3.8, 4) is 0 Å². The lowest BCUT2D eigenvalue weighted by Gasteiger charge is -2.45. The minimum Gasteiger partial charge on any atom is -0.385 e. The first kappa shape index (κ1) is 16.3. The van der Waals surface area contributed by atoms with Gasteiger partial charge in [0.2, 0.25) is 0 Å². The van der Waals surface area contributed by atoms with Crippen molar-refractivity contribution in [2.45, 2.75) is 70.4 Å². The molecule has 0 bridgehead atoms. The molecule has 2 aliphatic rings. The number of ether oxygens (including phenoxy) is 1. The molecule has 2 rings (SSSR count). The van der Waals surface area contributed by atoms with Gasteiger partial charge in [-0.05, 0) is 31.6 Å². The van der Waals surface area contributed by atoms with E-state index in [-0.39, 0.29) is 0 Å². The lowest BCUT2D eigenvalue weighted by atomic mass is 9.82. The molecule has 20 heavy (non-hydrogen) atoms. The fourth-order valence-electron chi connectivity index (χ4n) is 4.09. The van der Waals surface area contributed by atoms with E-state index in [1.807, 2.05) is 7.11 Å². The van der Waals surface area contributed by atoms with Crippen molar-refractivity contribution < 1.29 is 4.74 Å². The van der Waals surface area contributed by atoms with Gasteiger partial charge in [0.05, 0.1) is 0 Å². The number of nitrogens with zero attached hydrogens (tertiary/aromatic N) is 1. The van der Waals surface area contributed by atoms with Crippen LogP contribution >= 0.6 is 0 Å². The molecule has 0 radical (unpaired) electrons. The number of piperazine rings is 1. The Morgan fingerprint density at radius 1 is 1.20 bits per heavy atom. The number of rotatable bonds is 7. The van der Waals surface area contributed by atoms with Crippen molar-refractivity contribution in [1.82, 2.24) is 10.2 Å². The average molecular weight is 282 g/mol. The molecule has 1 saturated carbocycles. The molecule has 1 heterocycles.